The van der Waals surface area contributed by atoms with Crippen LogP contribution in [0.5, 0.6) is 0 Å². The molecule has 1 heterocycles. The van der Waals surface area contributed by atoms with Crippen molar-refractivity contribution in [3.8, 4) is 0 Å². The number of esters is 1. The van der Waals surface area contributed by atoms with Crippen LogP contribution in [0.3, 0.4) is 0 Å². The van der Waals surface area contributed by atoms with Gasteiger partial charge in [-0.2, -0.15) is 0 Å². The second-order valence-electron chi connectivity index (χ2n) is 6.38. The van der Waals surface area contributed by atoms with Crippen molar-refractivity contribution in [3.63, 3.8) is 0 Å². The fourth-order valence-corrected chi connectivity index (χ4v) is 2.68. The van der Waals surface area contributed by atoms with Crippen LogP contribution in [0.1, 0.15) is 59.3 Å². The molecular formula is C15H27NO3. The zero-order chi connectivity index (χ0) is 14.5. The SMILES string of the molecule is COC(=O)CC(C)(C)CC(=O)N1CCCCCC1C. The summed E-state index contributed by atoms with van der Waals surface area (Å²) in [5.41, 5.74) is -0.337. The Morgan fingerprint density at radius 3 is 2.53 bits per heavy atom. The highest BCUT2D eigenvalue weighted by molar-refractivity contribution is 5.78. The average Bonchev–Trinajstić information content (AvgIpc) is 2.52. The first-order chi connectivity index (χ1) is 8.85. The van der Waals surface area contributed by atoms with Crippen molar-refractivity contribution in [2.75, 3.05) is 13.7 Å². The maximum atomic E-state index is 12.4. The van der Waals surface area contributed by atoms with Crippen molar-refractivity contribution in [1.82, 2.24) is 4.90 Å². The van der Waals surface area contributed by atoms with Crippen LogP contribution in [0.15, 0.2) is 0 Å². The molecular weight excluding hydrogens is 242 g/mol. The minimum Gasteiger partial charge on any atom is -0.469 e. The van der Waals surface area contributed by atoms with E-state index in [0.717, 1.165) is 19.4 Å². The topological polar surface area (TPSA) is 46.6 Å². The third-order valence-corrected chi connectivity index (χ3v) is 3.85. The molecule has 110 valence electrons. The first-order valence-corrected chi connectivity index (χ1v) is 7.22. The lowest BCUT2D eigenvalue weighted by molar-refractivity contribution is -0.144. The zero-order valence-corrected chi connectivity index (χ0v) is 12.7. The van der Waals surface area contributed by atoms with Crippen LogP contribution in [0.25, 0.3) is 0 Å². The molecule has 0 aromatic heterocycles. The molecule has 1 atom stereocenters. The van der Waals surface area contributed by atoms with Crippen molar-refractivity contribution >= 4 is 11.9 Å². The van der Waals surface area contributed by atoms with Crippen LogP contribution >= 0.6 is 0 Å². The van der Waals surface area contributed by atoms with E-state index in [9.17, 15) is 9.59 Å². The number of likely N-dealkylation sites (tertiary alicyclic amines) is 1. The van der Waals surface area contributed by atoms with Crippen LogP contribution in [-0.2, 0) is 14.3 Å². The second kappa shape index (κ2) is 6.92. The summed E-state index contributed by atoms with van der Waals surface area (Å²) in [7, 11) is 1.39. The lowest BCUT2D eigenvalue weighted by Crippen LogP contribution is -2.40. The predicted molar refractivity (Wildman–Crippen MR) is 74.7 cm³/mol. The van der Waals surface area contributed by atoms with E-state index in [0.29, 0.717) is 12.5 Å². The number of carbonyl (C=O) groups is 2. The van der Waals surface area contributed by atoms with E-state index in [1.54, 1.807) is 0 Å². The van der Waals surface area contributed by atoms with E-state index < -0.39 is 0 Å². The normalized spacial score (nSPS) is 20.8. The minimum absolute atomic E-state index is 0.170. The van der Waals surface area contributed by atoms with Gasteiger partial charge >= 0.3 is 5.97 Å². The van der Waals surface area contributed by atoms with E-state index in [1.165, 1.54) is 20.0 Å². The van der Waals surface area contributed by atoms with E-state index in [-0.39, 0.29) is 23.7 Å². The number of rotatable bonds is 4. The molecule has 0 saturated carbocycles. The molecule has 1 saturated heterocycles. The van der Waals surface area contributed by atoms with Crippen molar-refractivity contribution in [1.29, 1.82) is 0 Å². The van der Waals surface area contributed by atoms with E-state index in [4.69, 9.17) is 4.74 Å². The predicted octanol–water partition coefficient (Wildman–Crippen LogP) is 2.76. The quantitative estimate of drug-likeness (QED) is 0.737. The van der Waals surface area contributed by atoms with Crippen LogP contribution in [0.4, 0.5) is 0 Å². The summed E-state index contributed by atoms with van der Waals surface area (Å²) in [6, 6.07) is 0.323. The number of ether oxygens (including phenoxy) is 1. The summed E-state index contributed by atoms with van der Waals surface area (Å²) in [6.45, 7) is 6.87. The van der Waals surface area contributed by atoms with Gasteiger partial charge in [0.25, 0.3) is 0 Å². The number of amides is 1. The second-order valence-corrected chi connectivity index (χ2v) is 6.38. The Labute approximate surface area is 116 Å². The smallest absolute Gasteiger partial charge is 0.306 e. The van der Waals surface area contributed by atoms with Gasteiger partial charge in [-0.1, -0.05) is 26.7 Å². The summed E-state index contributed by atoms with van der Waals surface area (Å²) in [5, 5.41) is 0. The van der Waals surface area contributed by atoms with E-state index in [2.05, 4.69) is 6.92 Å². The highest BCUT2D eigenvalue weighted by atomic mass is 16.5. The first-order valence-electron chi connectivity index (χ1n) is 7.22. The van der Waals surface area contributed by atoms with Crippen molar-refractivity contribution < 1.29 is 14.3 Å². The van der Waals surface area contributed by atoms with Crippen molar-refractivity contribution in [2.45, 2.75) is 65.3 Å². The molecule has 1 aliphatic heterocycles. The van der Waals surface area contributed by atoms with Crippen LogP contribution in [0.2, 0.25) is 0 Å². The molecule has 0 bridgehead atoms. The molecule has 0 aromatic carbocycles. The third-order valence-electron chi connectivity index (χ3n) is 3.85. The molecule has 0 N–H and O–H groups in total. The highest BCUT2D eigenvalue weighted by Gasteiger charge is 2.30. The fraction of sp³-hybridized carbons (Fsp3) is 0.867. The Morgan fingerprint density at radius 1 is 1.21 bits per heavy atom. The summed E-state index contributed by atoms with van der Waals surface area (Å²) < 4.78 is 4.69. The molecule has 0 radical (unpaired) electrons. The first kappa shape index (κ1) is 16.0. The Balaban J connectivity index is 2.59. The van der Waals surface area contributed by atoms with Gasteiger partial charge in [0.15, 0.2) is 0 Å². The van der Waals surface area contributed by atoms with Crippen molar-refractivity contribution in [2.24, 2.45) is 5.41 Å². The van der Waals surface area contributed by atoms with Crippen LogP contribution in [-0.4, -0.2) is 36.5 Å². The Hall–Kier alpha value is -1.06. The summed E-state index contributed by atoms with van der Waals surface area (Å²) >= 11 is 0. The third kappa shape index (κ3) is 5.21. The van der Waals surface area contributed by atoms with Gasteiger partial charge in [-0.3, -0.25) is 9.59 Å². The van der Waals surface area contributed by atoms with Gasteiger partial charge in [-0.25, -0.2) is 0 Å². The monoisotopic (exact) mass is 269 g/mol. The fourth-order valence-electron chi connectivity index (χ4n) is 2.68. The maximum Gasteiger partial charge on any atom is 0.306 e. The van der Waals surface area contributed by atoms with E-state index in [1.807, 2.05) is 18.7 Å². The summed E-state index contributed by atoms with van der Waals surface area (Å²) in [4.78, 5) is 25.8. The molecule has 1 unspecified atom stereocenters. The van der Waals surface area contributed by atoms with Gasteiger partial charge in [-0.05, 0) is 25.2 Å². The summed E-state index contributed by atoms with van der Waals surface area (Å²) in [6.07, 6.45) is 5.29. The minimum atomic E-state index is -0.337. The van der Waals surface area contributed by atoms with Gasteiger partial charge < -0.3 is 9.64 Å². The highest BCUT2D eigenvalue weighted by Crippen LogP contribution is 2.28. The largest absolute Gasteiger partial charge is 0.469 e. The standard InChI is InChI=1S/C15H27NO3/c1-12-8-6-5-7-9-16(12)13(17)10-15(2,3)11-14(18)19-4/h12H,5-11H2,1-4H3. The van der Waals surface area contributed by atoms with Crippen LogP contribution in [0, 0.1) is 5.41 Å². The van der Waals surface area contributed by atoms with Gasteiger partial charge in [-0.15, -0.1) is 0 Å². The number of carbonyl (C=O) groups excluding carboxylic acids is 2. The molecule has 0 spiro atoms. The van der Waals surface area contributed by atoms with Crippen molar-refractivity contribution in [3.05, 3.63) is 0 Å². The number of methoxy groups -OCH3 is 1. The molecule has 1 aliphatic rings. The molecule has 0 aromatic rings. The molecule has 4 heteroatoms. The molecule has 19 heavy (non-hydrogen) atoms. The van der Waals surface area contributed by atoms with Gasteiger partial charge in [0.05, 0.1) is 13.5 Å². The van der Waals surface area contributed by atoms with E-state index >= 15 is 0 Å². The summed E-state index contributed by atoms with van der Waals surface area (Å²) in [5.74, 6) is -0.0787. The Bertz CT molecular complexity index is 325. The molecule has 1 rings (SSSR count). The lowest BCUT2D eigenvalue weighted by Gasteiger charge is -2.31. The van der Waals surface area contributed by atoms with Crippen LogP contribution < -0.4 is 0 Å². The van der Waals surface area contributed by atoms with Gasteiger partial charge in [0, 0.05) is 19.0 Å². The zero-order valence-electron chi connectivity index (χ0n) is 12.7. The number of hydrogen-bond acceptors (Lipinski definition) is 3. The average molecular weight is 269 g/mol. The molecule has 1 amide bonds. The Kier molecular flexibility index (Phi) is 5.83. The van der Waals surface area contributed by atoms with Gasteiger partial charge in [0.2, 0.25) is 5.91 Å². The number of nitrogens with zero attached hydrogens (tertiary/aromatic N) is 1. The maximum absolute atomic E-state index is 12.4. The molecule has 0 aliphatic carbocycles. The number of hydrogen-bond donors (Lipinski definition) is 0. The Morgan fingerprint density at radius 2 is 1.89 bits per heavy atom. The molecule has 4 nitrogen and oxygen atoms in total. The molecule has 1 fully saturated rings. The van der Waals surface area contributed by atoms with Gasteiger partial charge in [0.1, 0.15) is 0 Å². The lowest BCUT2D eigenvalue weighted by atomic mass is 9.85.